The van der Waals surface area contributed by atoms with E-state index in [-0.39, 0.29) is 17.2 Å². The molecule has 0 atom stereocenters. The van der Waals surface area contributed by atoms with Crippen LogP contribution in [-0.4, -0.2) is 27.8 Å². The number of thioether (sulfide) groups is 1. The van der Waals surface area contributed by atoms with Crippen LogP contribution in [0, 0.1) is 13.8 Å². The summed E-state index contributed by atoms with van der Waals surface area (Å²) in [6.07, 6.45) is 0. The monoisotopic (exact) mass is 465 g/mol. The molecule has 6 nitrogen and oxygen atoms in total. The number of para-hydroxylation sites is 2. The van der Waals surface area contributed by atoms with Crippen LogP contribution < -0.4 is 15.6 Å². The summed E-state index contributed by atoms with van der Waals surface area (Å²) in [5.74, 6) is 0.528. The number of amides is 1. The van der Waals surface area contributed by atoms with Crippen molar-refractivity contribution < 1.29 is 9.53 Å². The molecule has 4 aromatic rings. The molecule has 0 aliphatic carbocycles. The van der Waals surface area contributed by atoms with Gasteiger partial charge in [-0.05, 0) is 67.6 Å². The number of rotatable bonds is 7. The van der Waals surface area contributed by atoms with Gasteiger partial charge < -0.3 is 10.1 Å². The number of carbonyl (C=O) groups excluding carboxylic acids is 1. The number of ether oxygens (including phenoxy) is 1. The Morgan fingerprint density at radius 1 is 1.16 bits per heavy atom. The standard InChI is InChI=1S/C24H23N3O3S2/c1-4-30-20-8-6-5-7-18(20)25-21(28)14-32-24-26-19-9-10-31-22(19)23(29)27(24)17-12-15(2)11-16(3)13-17/h5-13H,4,14H2,1-3H3,(H,25,28). The summed E-state index contributed by atoms with van der Waals surface area (Å²) in [6.45, 7) is 6.39. The molecule has 0 aliphatic rings. The number of nitrogens with zero attached hydrogens (tertiary/aromatic N) is 2. The first-order valence-corrected chi connectivity index (χ1v) is 12.1. The molecule has 2 aromatic heterocycles. The molecule has 0 radical (unpaired) electrons. The van der Waals surface area contributed by atoms with Crippen molar-refractivity contribution in [3.05, 3.63) is 75.4 Å². The third-order valence-corrected chi connectivity index (χ3v) is 6.54. The highest BCUT2D eigenvalue weighted by atomic mass is 32.2. The maximum absolute atomic E-state index is 13.3. The molecule has 0 fully saturated rings. The molecule has 0 spiro atoms. The molecule has 4 rings (SSSR count). The molecular weight excluding hydrogens is 442 g/mol. The summed E-state index contributed by atoms with van der Waals surface area (Å²) < 4.78 is 7.78. The number of anilines is 1. The van der Waals surface area contributed by atoms with Crippen molar-refractivity contribution in [1.82, 2.24) is 9.55 Å². The van der Waals surface area contributed by atoms with E-state index in [4.69, 9.17) is 4.74 Å². The molecule has 0 aliphatic heterocycles. The summed E-state index contributed by atoms with van der Waals surface area (Å²) in [7, 11) is 0. The van der Waals surface area contributed by atoms with Crippen molar-refractivity contribution in [3.63, 3.8) is 0 Å². The summed E-state index contributed by atoms with van der Waals surface area (Å²) in [5.41, 5.74) is 4.00. The van der Waals surface area contributed by atoms with Gasteiger partial charge in [-0.3, -0.25) is 14.2 Å². The Hall–Kier alpha value is -3.10. The first-order chi connectivity index (χ1) is 15.5. The Bertz CT molecular complexity index is 1320. The Balaban J connectivity index is 1.64. The van der Waals surface area contributed by atoms with E-state index in [1.165, 1.54) is 23.1 Å². The maximum atomic E-state index is 13.3. The Morgan fingerprint density at radius 2 is 1.91 bits per heavy atom. The summed E-state index contributed by atoms with van der Waals surface area (Å²) >= 11 is 2.61. The number of carbonyl (C=O) groups is 1. The molecule has 1 amide bonds. The van der Waals surface area contributed by atoms with E-state index >= 15 is 0 Å². The van der Waals surface area contributed by atoms with E-state index in [9.17, 15) is 9.59 Å². The van der Waals surface area contributed by atoms with E-state index in [0.717, 1.165) is 16.8 Å². The first kappa shape index (κ1) is 22.1. The van der Waals surface area contributed by atoms with Crippen molar-refractivity contribution in [2.45, 2.75) is 25.9 Å². The summed E-state index contributed by atoms with van der Waals surface area (Å²) in [5, 5.41) is 5.24. The average Bonchev–Trinajstić information content (AvgIpc) is 3.22. The molecule has 2 aromatic carbocycles. The van der Waals surface area contributed by atoms with Crippen molar-refractivity contribution in [2.24, 2.45) is 0 Å². The fraction of sp³-hybridized carbons (Fsp3) is 0.208. The lowest BCUT2D eigenvalue weighted by Gasteiger charge is -2.14. The predicted octanol–water partition coefficient (Wildman–Crippen LogP) is 5.19. The second-order valence-corrected chi connectivity index (χ2v) is 9.14. The van der Waals surface area contributed by atoms with E-state index in [0.29, 0.717) is 33.4 Å². The molecule has 2 heterocycles. The fourth-order valence-electron chi connectivity index (χ4n) is 3.46. The Kier molecular flexibility index (Phi) is 6.62. The van der Waals surface area contributed by atoms with Crippen molar-refractivity contribution in [1.29, 1.82) is 0 Å². The van der Waals surface area contributed by atoms with Gasteiger partial charge in [0.2, 0.25) is 5.91 Å². The summed E-state index contributed by atoms with van der Waals surface area (Å²) in [4.78, 5) is 30.7. The highest BCUT2D eigenvalue weighted by Crippen LogP contribution is 2.26. The average molecular weight is 466 g/mol. The number of hydrogen-bond acceptors (Lipinski definition) is 6. The van der Waals surface area contributed by atoms with Gasteiger partial charge in [-0.15, -0.1) is 11.3 Å². The number of thiophene rings is 1. The molecule has 0 unspecified atom stereocenters. The lowest BCUT2D eigenvalue weighted by atomic mass is 10.1. The van der Waals surface area contributed by atoms with Crippen molar-refractivity contribution >= 4 is 44.9 Å². The topological polar surface area (TPSA) is 73.2 Å². The van der Waals surface area contributed by atoms with Crippen molar-refractivity contribution in [2.75, 3.05) is 17.7 Å². The van der Waals surface area contributed by atoms with Gasteiger partial charge in [0.15, 0.2) is 5.16 Å². The van der Waals surface area contributed by atoms with Crippen LogP contribution in [0.4, 0.5) is 5.69 Å². The molecule has 1 N–H and O–H groups in total. The Labute approximate surface area is 194 Å². The number of aromatic nitrogens is 2. The maximum Gasteiger partial charge on any atom is 0.276 e. The SMILES string of the molecule is CCOc1ccccc1NC(=O)CSc1nc2ccsc2c(=O)n1-c1cc(C)cc(C)c1. The third-order valence-electron chi connectivity index (χ3n) is 4.71. The van der Waals surface area contributed by atoms with E-state index in [1.54, 1.807) is 10.6 Å². The molecule has 0 bridgehead atoms. The van der Waals surface area contributed by atoms with Crippen LogP contribution in [0.5, 0.6) is 5.75 Å². The fourth-order valence-corrected chi connectivity index (χ4v) is 5.04. The lowest BCUT2D eigenvalue weighted by Crippen LogP contribution is -2.22. The minimum Gasteiger partial charge on any atom is -0.492 e. The van der Waals surface area contributed by atoms with Gasteiger partial charge in [-0.2, -0.15) is 0 Å². The van der Waals surface area contributed by atoms with E-state index in [2.05, 4.69) is 16.4 Å². The zero-order valence-corrected chi connectivity index (χ0v) is 19.7. The van der Waals surface area contributed by atoms with Crippen LogP contribution in [0.1, 0.15) is 18.1 Å². The number of nitrogens with one attached hydrogen (secondary N) is 1. The largest absolute Gasteiger partial charge is 0.492 e. The third kappa shape index (κ3) is 4.71. The highest BCUT2D eigenvalue weighted by molar-refractivity contribution is 7.99. The van der Waals surface area contributed by atoms with Crippen LogP contribution in [0.15, 0.2) is 63.9 Å². The lowest BCUT2D eigenvalue weighted by molar-refractivity contribution is -0.113. The highest BCUT2D eigenvalue weighted by Gasteiger charge is 2.17. The summed E-state index contributed by atoms with van der Waals surface area (Å²) in [6, 6.07) is 15.1. The minimum absolute atomic E-state index is 0.105. The van der Waals surface area contributed by atoms with E-state index < -0.39 is 0 Å². The molecule has 164 valence electrons. The number of hydrogen-bond donors (Lipinski definition) is 1. The second-order valence-electron chi connectivity index (χ2n) is 7.28. The second kappa shape index (κ2) is 9.58. The van der Waals surface area contributed by atoms with Gasteiger partial charge in [-0.1, -0.05) is 30.0 Å². The number of fused-ring (bicyclic) bond motifs is 1. The van der Waals surface area contributed by atoms with Crippen LogP contribution in [-0.2, 0) is 4.79 Å². The van der Waals surface area contributed by atoms with Gasteiger partial charge in [0.25, 0.3) is 5.56 Å². The number of benzene rings is 2. The first-order valence-electron chi connectivity index (χ1n) is 10.2. The van der Waals surface area contributed by atoms with Crippen LogP contribution in [0.2, 0.25) is 0 Å². The van der Waals surface area contributed by atoms with Gasteiger partial charge in [0.05, 0.1) is 29.3 Å². The molecule has 8 heteroatoms. The molecule has 32 heavy (non-hydrogen) atoms. The van der Waals surface area contributed by atoms with Crippen molar-refractivity contribution in [3.8, 4) is 11.4 Å². The quantitative estimate of drug-likeness (QED) is 0.300. The van der Waals surface area contributed by atoms with Crippen LogP contribution in [0.25, 0.3) is 15.9 Å². The van der Waals surface area contributed by atoms with Crippen LogP contribution >= 0.6 is 23.1 Å². The molecule has 0 saturated carbocycles. The van der Waals surface area contributed by atoms with Crippen LogP contribution in [0.3, 0.4) is 0 Å². The van der Waals surface area contributed by atoms with Gasteiger partial charge in [0.1, 0.15) is 10.4 Å². The Morgan fingerprint density at radius 3 is 2.66 bits per heavy atom. The molecular formula is C24H23N3O3S2. The molecule has 0 saturated heterocycles. The predicted molar refractivity (Wildman–Crippen MR) is 132 cm³/mol. The zero-order chi connectivity index (χ0) is 22.7. The van der Waals surface area contributed by atoms with Gasteiger partial charge in [-0.25, -0.2) is 4.98 Å². The van der Waals surface area contributed by atoms with E-state index in [1.807, 2.05) is 62.5 Å². The van der Waals surface area contributed by atoms with Gasteiger partial charge >= 0.3 is 0 Å². The smallest absolute Gasteiger partial charge is 0.276 e. The minimum atomic E-state index is -0.200. The zero-order valence-electron chi connectivity index (χ0n) is 18.0. The van der Waals surface area contributed by atoms with Gasteiger partial charge in [0, 0.05) is 0 Å². The number of aryl methyl sites for hydroxylation is 2. The normalized spacial score (nSPS) is 11.0.